The SMILES string of the molecule is CC[C@@H](CC#N)OC(=O)c1cncc(F)c1. The van der Waals surface area contributed by atoms with Crippen molar-refractivity contribution in [3.8, 4) is 6.07 Å². The Morgan fingerprint density at radius 3 is 3.00 bits per heavy atom. The first kappa shape index (κ1) is 12.1. The lowest BCUT2D eigenvalue weighted by Gasteiger charge is -2.12. The fourth-order valence-corrected chi connectivity index (χ4v) is 1.11. The lowest BCUT2D eigenvalue weighted by molar-refractivity contribution is 0.0302. The summed E-state index contributed by atoms with van der Waals surface area (Å²) in [6, 6.07) is 2.97. The van der Waals surface area contributed by atoms with Crippen LogP contribution in [0.3, 0.4) is 0 Å². The minimum atomic E-state index is -0.658. The summed E-state index contributed by atoms with van der Waals surface area (Å²) < 4.78 is 17.8. The molecular weight excluding hydrogens is 211 g/mol. The molecule has 5 heteroatoms. The Bertz CT molecular complexity index is 415. The van der Waals surface area contributed by atoms with Crippen molar-refractivity contribution >= 4 is 5.97 Å². The Balaban J connectivity index is 2.68. The maximum atomic E-state index is 12.8. The van der Waals surface area contributed by atoms with E-state index in [0.717, 1.165) is 12.3 Å². The third kappa shape index (κ3) is 3.31. The number of rotatable bonds is 4. The Morgan fingerprint density at radius 2 is 2.44 bits per heavy atom. The molecule has 1 atom stereocenters. The van der Waals surface area contributed by atoms with E-state index >= 15 is 0 Å². The molecule has 0 saturated heterocycles. The number of halogens is 1. The quantitative estimate of drug-likeness (QED) is 0.731. The fraction of sp³-hybridized carbons (Fsp3) is 0.364. The second-order valence-corrected chi connectivity index (χ2v) is 3.19. The topological polar surface area (TPSA) is 63.0 Å². The fourth-order valence-electron chi connectivity index (χ4n) is 1.11. The van der Waals surface area contributed by atoms with Gasteiger partial charge in [0.2, 0.25) is 0 Å². The standard InChI is InChI=1S/C11H11FN2O2/c1-2-10(3-4-13)16-11(15)8-5-9(12)7-14-6-8/h5-7,10H,2-3H2,1H3/t10-/m0/s1. The van der Waals surface area contributed by atoms with E-state index in [1.165, 1.54) is 6.20 Å². The van der Waals surface area contributed by atoms with Crippen LogP contribution in [0.1, 0.15) is 30.1 Å². The molecule has 16 heavy (non-hydrogen) atoms. The maximum absolute atomic E-state index is 12.8. The zero-order valence-electron chi connectivity index (χ0n) is 8.81. The van der Waals surface area contributed by atoms with Gasteiger partial charge in [0.15, 0.2) is 0 Å². The van der Waals surface area contributed by atoms with Crippen LogP contribution in [0.15, 0.2) is 18.5 Å². The second-order valence-electron chi connectivity index (χ2n) is 3.19. The summed E-state index contributed by atoms with van der Waals surface area (Å²) in [4.78, 5) is 15.0. The Morgan fingerprint density at radius 1 is 1.69 bits per heavy atom. The largest absolute Gasteiger partial charge is 0.458 e. The van der Waals surface area contributed by atoms with Gasteiger partial charge in [-0.15, -0.1) is 0 Å². The number of ether oxygens (including phenoxy) is 1. The zero-order chi connectivity index (χ0) is 12.0. The third-order valence-corrected chi connectivity index (χ3v) is 1.99. The minimum Gasteiger partial charge on any atom is -0.458 e. The van der Waals surface area contributed by atoms with Crippen molar-refractivity contribution < 1.29 is 13.9 Å². The van der Waals surface area contributed by atoms with Crippen LogP contribution in [0, 0.1) is 17.1 Å². The van der Waals surface area contributed by atoms with E-state index in [0.29, 0.717) is 6.42 Å². The van der Waals surface area contributed by atoms with E-state index in [1.807, 2.05) is 6.07 Å². The second kappa shape index (κ2) is 5.81. The first-order chi connectivity index (χ1) is 7.67. The molecule has 0 radical (unpaired) electrons. The molecule has 0 aliphatic rings. The summed E-state index contributed by atoms with van der Waals surface area (Å²) in [5, 5.41) is 8.48. The molecule has 1 heterocycles. The number of nitrogens with zero attached hydrogens (tertiary/aromatic N) is 2. The van der Waals surface area contributed by atoms with E-state index in [9.17, 15) is 9.18 Å². The van der Waals surface area contributed by atoms with Crippen LogP contribution in [0.2, 0.25) is 0 Å². The Labute approximate surface area is 92.7 Å². The zero-order valence-corrected chi connectivity index (χ0v) is 8.81. The molecule has 0 fully saturated rings. The van der Waals surface area contributed by atoms with Crippen LogP contribution in [0.4, 0.5) is 4.39 Å². The molecule has 1 aromatic rings. The lowest BCUT2D eigenvalue weighted by atomic mass is 10.2. The number of hydrogen-bond acceptors (Lipinski definition) is 4. The number of pyridine rings is 1. The van der Waals surface area contributed by atoms with Gasteiger partial charge in [-0.3, -0.25) is 4.98 Å². The predicted octanol–water partition coefficient (Wildman–Crippen LogP) is 2.07. The van der Waals surface area contributed by atoms with Gasteiger partial charge in [-0.1, -0.05) is 6.92 Å². The van der Waals surface area contributed by atoms with Crippen LogP contribution in [-0.2, 0) is 4.74 Å². The van der Waals surface area contributed by atoms with Gasteiger partial charge in [0.25, 0.3) is 0 Å². The highest BCUT2D eigenvalue weighted by molar-refractivity contribution is 5.89. The van der Waals surface area contributed by atoms with Crippen molar-refractivity contribution in [2.45, 2.75) is 25.9 Å². The summed E-state index contributed by atoms with van der Waals surface area (Å²) in [7, 11) is 0. The third-order valence-electron chi connectivity index (χ3n) is 1.99. The average Bonchev–Trinajstić information content (AvgIpc) is 2.28. The van der Waals surface area contributed by atoms with E-state index < -0.39 is 17.9 Å². The Hall–Kier alpha value is -1.96. The minimum absolute atomic E-state index is 0.0522. The number of carbonyl (C=O) groups is 1. The summed E-state index contributed by atoms with van der Waals surface area (Å²) in [6.45, 7) is 1.80. The number of carbonyl (C=O) groups excluding carboxylic acids is 1. The van der Waals surface area contributed by atoms with E-state index in [2.05, 4.69) is 4.98 Å². The first-order valence-electron chi connectivity index (χ1n) is 4.85. The van der Waals surface area contributed by atoms with Crippen molar-refractivity contribution in [2.24, 2.45) is 0 Å². The molecule has 0 aliphatic heterocycles. The summed E-state index contributed by atoms with van der Waals surface area (Å²) >= 11 is 0. The highest BCUT2D eigenvalue weighted by Gasteiger charge is 2.14. The first-order valence-corrected chi connectivity index (χ1v) is 4.85. The molecule has 0 N–H and O–H groups in total. The van der Waals surface area contributed by atoms with Crippen molar-refractivity contribution in [3.63, 3.8) is 0 Å². The van der Waals surface area contributed by atoms with Crippen molar-refractivity contribution in [1.29, 1.82) is 5.26 Å². The Kier molecular flexibility index (Phi) is 4.40. The molecule has 0 spiro atoms. The highest BCUT2D eigenvalue weighted by atomic mass is 19.1. The maximum Gasteiger partial charge on any atom is 0.340 e. The van der Waals surface area contributed by atoms with Crippen molar-refractivity contribution in [3.05, 3.63) is 29.8 Å². The summed E-state index contributed by atoms with van der Waals surface area (Å²) in [5.41, 5.74) is 0.0522. The predicted molar refractivity (Wildman–Crippen MR) is 53.9 cm³/mol. The van der Waals surface area contributed by atoms with Gasteiger partial charge in [-0.25, -0.2) is 9.18 Å². The van der Waals surface area contributed by atoms with E-state index in [4.69, 9.17) is 10.00 Å². The molecule has 84 valence electrons. The molecule has 0 aliphatic carbocycles. The average molecular weight is 222 g/mol. The van der Waals surface area contributed by atoms with Crippen molar-refractivity contribution in [2.75, 3.05) is 0 Å². The van der Waals surface area contributed by atoms with Gasteiger partial charge in [0.05, 0.1) is 24.3 Å². The van der Waals surface area contributed by atoms with Crippen molar-refractivity contribution in [1.82, 2.24) is 4.98 Å². The molecule has 1 aromatic heterocycles. The van der Waals surface area contributed by atoms with Gasteiger partial charge >= 0.3 is 5.97 Å². The summed E-state index contributed by atoms with van der Waals surface area (Å²) in [6.07, 6.45) is 2.45. The monoisotopic (exact) mass is 222 g/mol. The van der Waals surface area contributed by atoms with Crippen LogP contribution in [-0.4, -0.2) is 17.1 Å². The van der Waals surface area contributed by atoms with E-state index in [1.54, 1.807) is 6.92 Å². The smallest absolute Gasteiger partial charge is 0.340 e. The highest BCUT2D eigenvalue weighted by Crippen LogP contribution is 2.09. The molecular formula is C11H11FN2O2. The van der Waals surface area contributed by atoms with Gasteiger partial charge in [-0.05, 0) is 12.5 Å². The van der Waals surface area contributed by atoms with Gasteiger partial charge in [0, 0.05) is 6.20 Å². The van der Waals surface area contributed by atoms with Gasteiger partial charge < -0.3 is 4.74 Å². The van der Waals surface area contributed by atoms with Crippen LogP contribution < -0.4 is 0 Å². The van der Waals surface area contributed by atoms with Crippen LogP contribution in [0.5, 0.6) is 0 Å². The normalized spacial score (nSPS) is 11.6. The number of esters is 1. The van der Waals surface area contributed by atoms with Crippen LogP contribution >= 0.6 is 0 Å². The van der Waals surface area contributed by atoms with Gasteiger partial charge in [-0.2, -0.15) is 5.26 Å². The number of hydrogen-bond donors (Lipinski definition) is 0. The molecule has 0 saturated carbocycles. The lowest BCUT2D eigenvalue weighted by Crippen LogP contribution is -2.17. The molecule has 0 aromatic carbocycles. The van der Waals surface area contributed by atoms with Crippen LogP contribution in [0.25, 0.3) is 0 Å². The summed E-state index contributed by atoms with van der Waals surface area (Å²) in [5.74, 6) is -1.25. The van der Waals surface area contributed by atoms with Gasteiger partial charge in [0.1, 0.15) is 11.9 Å². The number of aromatic nitrogens is 1. The molecule has 0 bridgehead atoms. The molecule has 0 unspecified atom stereocenters. The van der Waals surface area contributed by atoms with E-state index in [-0.39, 0.29) is 12.0 Å². The molecule has 4 nitrogen and oxygen atoms in total. The molecule has 1 rings (SSSR count). The molecule has 0 amide bonds. The number of nitriles is 1.